The van der Waals surface area contributed by atoms with Gasteiger partial charge in [0.05, 0.1) is 3.57 Å². The Kier molecular flexibility index (Phi) is 6.16. The second-order valence-electron chi connectivity index (χ2n) is 4.71. The van der Waals surface area contributed by atoms with E-state index in [1.807, 2.05) is 6.20 Å². The topological polar surface area (TPSA) is 29.0 Å². The average Bonchev–Trinajstić information content (AvgIpc) is 2.29. The maximum absolute atomic E-state index is 4.46. The molecular weight excluding hydrogens is 325 g/mol. The zero-order valence-corrected chi connectivity index (χ0v) is 13.3. The van der Waals surface area contributed by atoms with E-state index in [0.29, 0.717) is 12.0 Å². The maximum atomic E-state index is 4.46. The van der Waals surface area contributed by atoms with Gasteiger partial charge in [-0.2, -0.15) is 0 Å². The predicted molar refractivity (Wildman–Crippen MR) is 81.3 cm³/mol. The number of hydrogen-bond acceptors (Lipinski definition) is 3. The molecule has 0 aliphatic rings. The minimum absolute atomic E-state index is 0.570. The molecule has 0 spiro atoms. The standard InChI is InChI=1S/C13H22IN3/c1-5-11(6-2)17(8-10(3)4)13-12(14)7-15-9-16-13/h7,9-11H,5-6,8H2,1-4H3. The van der Waals surface area contributed by atoms with Crippen molar-refractivity contribution in [1.82, 2.24) is 9.97 Å². The van der Waals surface area contributed by atoms with Gasteiger partial charge in [0.25, 0.3) is 0 Å². The van der Waals surface area contributed by atoms with Crippen molar-refractivity contribution >= 4 is 28.4 Å². The molecule has 17 heavy (non-hydrogen) atoms. The first-order chi connectivity index (χ1) is 8.10. The van der Waals surface area contributed by atoms with E-state index in [2.05, 4.69) is 65.2 Å². The van der Waals surface area contributed by atoms with E-state index in [0.717, 1.165) is 28.8 Å². The van der Waals surface area contributed by atoms with Gasteiger partial charge in [-0.15, -0.1) is 0 Å². The lowest BCUT2D eigenvalue weighted by molar-refractivity contribution is 0.502. The van der Waals surface area contributed by atoms with E-state index in [1.54, 1.807) is 6.33 Å². The van der Waals surface area contributed by atoms with Crippen LogP contribution in [0.1, 0.15) is 40.5 Å². The summed E-state index contributed by atoms with van der Waals surface area (Å²) in [6.07, 6.45) is 5.85. The summed E-state index contributed by atoms with van der Waals surface area (Å²) in [5.41, 5.74) is 0. The van der Waals surface area contributed by atoms with Gasteiger partial charge in [0.1, 0.15) is 12.1 Å². The minimum atomic E-state index is 0.570. The van der Waals surface area contributed by atoms with Crippen LogP contribution in [0.4, 0.5) is 5.82 Å². The molecule has 0 amide bonds. The summed E-state index contributed by atoms with van der Waals surface area (Å²) in [7, 11) is 0. The molecule has 1 rings (SSSR count). The van der Waals surface area contributed by atoms with Crippen LogP contribution < -0.4 is 4.90 Å². The Morgan fingerprint density at radius 1 is 1.29 bits per heavy atom. The first-order valence-electron chi connectivity index (χ1n) is 6.32. The van der Waals surface area contributed by atoms with Gasteiger partial charge in [-0.1, -0.05) is 27.7 Å². The molecule has 0 saturated heterocycles. The van der Waals surface area contributed by atoms with Gasteiger partial charge in [0, 0.05) is 18.8 Å². The highest BCUT2D eigenvalue weighted by molar-refractivity contribution is 14.1. The second kappa shape index (κ2) is 7.13. The smallest absolute Gasteiger partial charge is 0.145 e. The fraction of sp³-hybridized carbons (Fsp3) is 0.692. The van der Waals surface area contributed by atoms with Crippen LogP contribution in [0.5, 0.6) is 0 Å². The zero-order chi connectivity index (χ0) is 12.8. The number of hydrogen-bond donors (Lipinski definition) is 0. The number of aromatic nitrogens is 2. The van der Waals surface area contributed by atoms with Crippen molar-refractivity contribution in [2.24, 2.45) is 5.92 Å². The Hall–Kier alpha value is -0.390. The lowest BCUT2D eigenvalue weighted by Gasteiger charge is -2.33. The highest BCUT2D eigenvalue weighted by Crippen LogP contribution is 2.24. The number of anilines is 1. The van der Waals surface area contributed by atoms with Gasteiger partial charge in [0.2, 0.25) is 0 Å². The van der Waals surface area contributed by atoms with Crippen LogP contribution in [-0.2, 0) is 0 Å². The highest BCUT2D eigenvalue weighted by Gasteiger charge is 2.19. The van der Waals surface area contributed by atoms with Gasteiger partial charge in [-0.05, 0) is 41.4 Å². The summed E-state index contributed by atoms with van der Waals surface area (Å²) < 4.78 is 1.14. The van der Waals surface area contributed by atoms with Crippen molar-refractivity contribution in [2.75, 3.05) is 11.4 Å². The van der Waals surface area contributed by atoms with Crippen LogP contribution in [0.25, 0.3) is 0 Å². The summed E-state index contributed by atoms with van der Waals surface area (Å²) in [4.78, 5) is 11.0. The van der Waals surface area contributed by atoms with E-state index < -0.39 is 0 Å². The monoisotopic (exact) mass is 347 g/mol. The molecule has 1 aromatic rings. The largest absolute Gasteiger partial charge is 0.352 e. The number of rotatable bonds is 6. The van der Waals surface area contributed by atoms with E-state index in [1.165, 1.54) is 0 Å². The lowest BCUT2D eigenvalue weighted by atomic mass is 10.1. The molecule has 0 atom stereocenters. The van der Waals surface area contributed by atoms with Crippen molar-refractivity contribution in [3.8, 4) is 0 Å². The molecule has 1 aromatic heterocycles. The molecule has 3 nitrogen and oxygen atoms in total. The molecule has 0 bridgehead atoms. The van der Waals surface area contributed by atoms with Gasteiger partial charge in [-0.3, -0.25) is 0 Å². The summed E-state index contributed by atoms with van der Waals surface area (Å²) in [6, 6.07) is 0.570. The van der Waals surface area contributed by atoms with E-state index >= 15 is 0 Å². The first kappa shape index (κ1) is 14.7. The van der Waals surface area contributed by atoms with Crippen molar-refractivity contribution in [3.63, 3.8) is 0 Å². The molecule has 0 fully saturated rings. The molecule has 0 N–H and O–H groups in total. The van der Waals surface area contributed by atoms with Crippen LogP contribution in [0.3, 0.4) is 0 Å². The molecule has 1 heterocycles. The molecule has 0 aromatic carbocycles. The third-order valence-corrected chi connectivity index (χ3v) is 3.63. The fourth-order valence-electron chi connectivity index (χ4n) is 2.05. The molecular formula is C13H22IN3. The molecule has 4 heteroatoms. The Morgan fingerprint density at radius 3 is 2.41 bits per heavy atom. The molecule has 0 saturated carbocycles. The molecule has 0 unspecified atom stereocenters. The van der Waals surface area contributed by atoms with E-state index in [9.17, 15) is 0 Å². The number of nitrogens with zero attached hydrogens (tertiary/aromatic N) is 3. The normalized spacial score (nSPS) is 11.2. The zero-order valence-electron chi connectivity index (χ0n) is 11.2. The Bertz CT molecular complexity index is 337. The van der Waals surface area contributed by atoms with Gasteiger partial charge in [0.15, 0.2) is 0 Å². The fourth-order valence-corrected chi connectivity index (χ4v) is 2.66. The predicted octanol–water partition coefficient (Wildman–Crippen LogP) is 3.73. The lowest BCUT2D eigenvalue weighted by Crippen LogP contribution is -2.38. The van der Waals surface area contributed by atoms with Crippen molar-refractivity contribution in [3.05, 3.63) is 16.1 Å². The molecule has 0 aliphatic carbocycles. The van der Waals surface area contributed by atoms with Crippen LogP contribution in [-0.4, -0.2) is 22.6 Å². The third-order valence-electron chi connectivity index (χ3n) is 2.87. The summed E-state index contributed by atoms with van der Waals surface area (Å²) in [6.45, 7) is 10.1. The van der Waals surface area contributed by atoms with E-state index in [4.69, 9.17) is 0 Å². The van der Waals surface area contributed by atoms with Crippen LogP contribution in [0, 0.1) is 9.49 Å². The van der Waals surface area contributed by atoms with E-state index in [-0.39, 0.29) is 0 Å². The van der Waals surface area contributed by atoms with Crippen LogP contribution in [0.15, 0.2) is 12.5 Å². The average molecular weight is 347 g/mol. The van der Waals surface area contributed by atoms with Gasteiger partial charge >= 0.3 is 0 Å². The van der Waals surface area contributed by atoms with Crippen LogP contribution in [0.2, 0.25) is 0 Å². The van der Waals surface area contributed by atoms with Crippen molar-refractivity contribution in [1.29, 1.82) is 0 Å². The summed E-state index contributed by atoms with van der Waals surface area (Å²) >= 11 is 2.32. The Balaban J connectivity index is 3.01. The Morgan fingerprint density at radius 2 is 1.94 bits per heavy atom. The maximum Gasteiger partial charge on any atom is 0.145 e. The molecule has 0 radical (unpaired) electrons. The van der Waals surface area contributed by atoms with Gasteiger partial charge < -0.3 is 4.90 Å². The summed E-state index contributed by atoms with van der Waals surface area (Å²) in [5.74, 6) is 1.73. The van der Waals surface area contributed by atoms with Crippen molar-refractivity contribution < 1.29 is 0 Å². The van der Waals surface area contributed by atoms with Crippen LogP contribution >= 0.6 is 22.6 Å². The first-order valence-corrected chi connectivity index (χ1v) is 7.40. The number of halogens is 1. The third kappa shape index (κ3) is 4.08. The SMILES string of the molecule is CCC(CC)N(CC(C)C)c1ncncc1I. The minimum Gasteiger partial charge on any atom is -0.352 e. The molecule has 96 valence electrons. The second-order valence-corrected chi connectivity index (χ2v) is 5.87. The van der Waals surface area contributed by atoms with Gasteiger partial charge in [-0.25, -0.2) is 9.97 Å². The quantitative estimate of drug-likeness (QED) is 0.735. The Labute approximate surface area is 118 Å². The van der Waals surface area contributed by atoms with Crippen molar-refractivity contribution in [2.45, 2.75) is 46.6 Å². The summed E-state index contributed by atoms with van der Waals surface area (Å²) in [5, 5.41) is 0. The highest BCUT2D eigenvalue weighted by atomic mass is 127. The molecule has 0 aliphatic heterocycles.